The van der Waals surface area contributed by atoms with Gasteiger partial charge in [-0.25, -0.2) is 9.18 Å². The molecule has 2 aromatic rings. The predicted molar refractivity (Wildman–Crippen MR) is 117 cm³/mol. The van der Waals surface area contributed by atoms with Gasteiger partial charge in [0.2, 0.25) is 0 Å². The second kappa shape index (κ2) is 9.88. The van der Waals surface area contributed by atoms with Crippen LogP contribution in [0.1, 0.15) is 0 Å². The first-order chi connectivity index (χ1) is 15.1. The normalized spacial score (nSPS) is 17.7. The van der Waals surface area contributed by atoms with E-state index in [-0.39, 0.29) is 18.3 Å². The van der Waals surface area contributed by atoms with E-state index in [1.165, 1.54) is 6.07 Å². The first kappa shape index (κ1) is 21.3. The van der Waals surface area contributed by atoms with Crippen molar-refractivity contribution in [2.45, 2.75) is 0 Å². The Morgan fingerprint density at radius 2 is 1.48 bits per heavy atom. The van der Waals surface area contributed by atoms with Crippen LogP contribution in [0.3, 0.4) is 0 Å². The third kappa shape index (κ3) is 5.20. The number of β-amino-alcohol motifs (C(OH)–C–C–N with tert-alkyl or cyclic N) is 1. The molecule has 4 rings (SSSR count). The minimum absolute atomic E-state index is 0.187. The van der Waals surface area contributed by atoms with Crippen LogP contribution in [0.25, 0.3) is 0 Å². The van der Waals surface area contributed by atoms with Gasteiger partial charge in [0.15, 0.2) is 11.6 Å². The molecule has 1 aromatic heterocycles. The fourth-order valence-electron chi connectivity index (χ4n) is 3.89. The molecule has 31 heavy (non-hydrogen) atoms. The highest BCUT2D eigenvalue weighted by Crippen LogP contribution is 2.19. The van der Waals surface area contributed by atoms with Gasteiger partial charge in [0.25, 0.3) is 0 Å². The molecule has 9 nitrogen and oxygen atoms in total. The highest BCUT2D eigenvalue weighted by atomic mass is 19.1. The molecule has 0 spiro atoms. The first-order valence-electron chi connectivity index (χ1n) is 10.6. The lowest BCUT2D eigenvalue weighted by Gasteiger charge is -2.36. The van der Waals surface area contributed by atoms with Crippen molar-refractivity contribution in [3.8, 4) is 0 Å². The number of para-hydroxylation sites is 1. The SMILES string of the molecule is O=C(Nc1ccccc1F)N1CCN(c2ccc(N3CCN(CCO)CC3)nn2)CC1. The van der Waals surface area contributed by atoms with E-state index in [9.17, 15) is 9.18 Å². The van der Waals surface area contributed by atoms with Crippen LogP contribution in [-0.2, 0) is 0 Å². The maximum Gasteiger partial charge on any atom is 0.322 e. The molecule has 2 saturated heterocycles. The molecule has 0 saturated carbocycles. The number of benzene rings is 1. The summed E-state index contributed by atoms with van der Waals surface area (Å²) in [6.07, 6.45) is 0. The maximum absolute atomic E-state index is 13.7. The van der Waals surface area contributed by atoms with Crippen LogP contribution in [0.15, 0.2) is 36.4 Å². The minimum Gasteiger partial charge on any atom is -0.395 e. The summed E-state index contributed by atoms with van der Waals surface area (Å²) in [4.78, 5) is 20.6. The van der Waals surface area contributed by atoms with E-state index < -0.39 is 5.82 Å². The average Bonchev–Trinajstić information content (AvgIpc) is 2.81. The van der Waals surface area contributed by atoms with Gasteiger partial charge in [0, 0.05) is 58.9 Å². The molecule has 1 aromatic carbocycles. The van der Waals surface area contributed by atoms with E-state index in [1.54, 1.807) is 23.1 Å². The largest absolute Gasteiger partial charge is 0.395 e. The van der Waals surface area contributed by atoms with Crippen LogP contribution in [0, 0.1) is 5.82 Å². The molecule has 2 N–H and O–H groups in total. The van der Waals surface area contributed by atoms with E-state index >= 15 is 0 Å². The molecule has 2 aliphatic heterocycles. The van der Waals surface area contributed by atoms with Crippen molar-refractivity contribution in [3.63, 3.8) is 0 Å². The number of aliphatic hydroxyl groups is 1. The van der Waals surface area contributed by atoms with Crippen molar-refractivity contribution in [2.24, 2.45) is 0 Å². The van der Waals surface area contributed by atoms with Gasteiger partial charge in [-0.15, -0.1) is 10.2 Å². The zero-order valence-corrected chi connectivity index (χ0v) is 17.5. The average molecular weight is 430 g/mol. The number of aliphatic hydroxyl groups excluding tert-OH is 1. The van der Waals surface area contributed by atoms with E-state index in [2.05, 4.69) is 30.2 Å². The van der Waals surface area contributed by atoms with Crippen LogP contribution < -0.4 is 15.1 Å². The lowest BCUT2D eigenvalue weighted by atomic mass is 10.3. The highest BCUT2D eigenvalue weighted by Gasteiger charge is 2.23. The Morgan fingerprint density at radius 1 is 0.903 bits per heavy atom. The number of carbonyl (C=O) groups excluding carboxylic acids is 1. The molecule has 0 aliphatic carbocycles. The summed E-state index contributed by atoms with van der Waals surface area (Å²) in [6, 6.07) is 9.81. The summed E-state index contributed by atoms with van der Waals surface area (Å²) in [6.45, 7) is 6.76. The number of nitrogens with zero attached hydrogens (tertiary/aromatic N) is 6. The van der Waals surface area contributed by atoms with Gasteiger partial charge < -0.3 is 25.1 Å². The fraction of sp³-hybridized carbons (Fsp3) is 0.476. The Balaban J connectivity index is 1.27. The smallest absolute Gasteiger partial charge is 0.322 e. The molecule has 2 amide bonds. The predicted octanol–water partition coefficient (Wildman–Crippen LogP) is 1.08. The summed E-state index contributed by atoms with van der Waals surface area (Å²) in [5.74, 6) is 1.20. The Hall–Kier alpha value is -2.98. The quantitative estimate of drug-likeness (QED) is 0.736. The highest BCUT2D eigenvalue weighted by molar-refractivity contribution is 5.89. The van der Waals surface area contributed by atoms with Gasteiger partial charge in [-0.2, -0.15) is 0 Å². The number of hydrogen-bond donors (Lipinski definition) is 2. The van der Waals surface area contributed by atoms with Crippen molar-refractivity contribution >= 4 is 23.4 Å². The second-order valence-electron chi connectivity index (χ2n) is 7.69. The second-order valence-corrected chi connectivity index (χ2v) is 7.69. The first-order valence-corrected chi connectivity index (χ1v) is 10.6. The third-order valence-corrected chi connectivity index (χ3v) is 5.76. The van der Waals surface area contributed by atoms with E-state index in [1.807, 2.05) is 12.1 Å². The monoisotopic (exact) mass is 429 g/mol. The molecule has 0 unspecified atom stereocenters. The summed E-state index contributed by atoms with van der Waals surface area (Å²) >= 11 is 0. The molecule has 2 fully saturated rings. The van der Waals surface area contributed by atoms with Crippen molar-refractivity contribution in [1.82, 2.24) is 20.0 Å². The van der Waals surface area contributed by atoms with Crippen LogP contribution in [0.4, 0.5) is 26.5 Å². The molecule has 2 aliphatic rings. The van der Waals surface area contributed by atoms with Gasteiger partial charge in [-0.1, -0.05) is 12.1 Å². The van der Waals surface area contributed by atoms with Crippen LogP contribution in [-0.4, -0.2) is 96.6 Å². The minimum atomic E-state index is -0.445. The number of anilines is 3. The molecule has 0 radical (unpaired) electrons. The van der Waals surface area contributed by atoms with Crippen molar-refractivity contribution in [2.75, 3.05) is 80.6 Å². The lowest BCUT2D eigenvalue weighted by molar-refractivity contribution is 0.188. The molecule has 0 atom stereocenters. The van der Waals surface area contributed by atoms with E-state index in [0.29, 0.717) is 32.7 Å². The molecular weight excluding hydrogens is 401 g/mol. The maximum atomic E-state index is 13.7. The summed E-state index contributed by atoms with van der Waals surface area (Å²) in [7, 11) is 0. The third-order valence-electron chi connectivity index (χ3n) is 5.76. The lowest BCUT2D eigenvalue weighted by Crippen LogP contribution is -2.50. The topological polar surface area (TPSA) is 88.1 Å². The van der Waals surface area contributed by atoms with Crippen LogP contribution >= 0.6 is 0 Å². The number of carbonyl (C=O) groups is 1. The van der Waals surface area contributed by atoms with Gasteiger partial charge in [-0.05, 0) is 24.3 Å². The Kier molecular flexibility index (Phi) is 6.78. The number of amides is 2. The number of nitrogens with one attached hydrogen (secondary N) is 1. The molecule has 3 heterocycles. The van der Waals surface area contributed by atoms with Gasteiger partial charge in [0.1, 0.15) is 5.82 Å². The zero-order chi connectivity index (χ0) is 21.6. The molecular formula is C21H28FN7O2. The van der Waals surface area contributed by atoms with Crippen molar-refractivity contribution < 1.29 is 14.3 Å². The number of urea groups is 1. The molecule has 10 heteroatoms. The standard InChI is InChI=1S/C21H28FN7O2/c22-17-3-1-2-4-18(17)23-21(31)29-13-11-28(12-14-29)20-6-5-19(24-25-20)27-9-7-26(8-10-27)15-16-30/h1-6,30H,7-16H2,(H,23,31). The number of halogens is 1. The number of piperazine rings is 2. The van der Waals surface area contributed by atoms with E-state index in [0.717, 1.165) is 37.8 Å². The summed E-state index contributed by atoms with van der Waals surface area (Å²) < 4.78 is 13.7. The number of hydrogen-bond acceptors (Lipinski definition) is 7. The Morgan fingerprint density at radius 3 is 2.03 bits per heavy atom. The zero-order valence-electron chi connectivity index (χ0n) is 17.5. The summed E-state index contributed by atoms with van der Waals surface area (Å²) in [5.41, 5.74) is 0.188. The Labute approximate surface area is 181 Å². The van der Waals surface area contributed by atoms with Gasteiger partial charge >= 0.3 is 6.03 Å². The summed E-state index contributed by atoms with van der Waals surface area (Å²) in [5, 5.41) is 20.5. The number of aromatic nitrogens is 2. The van der Waals surface area contributed by atoms with Gasteiger partial charge in [0.05, 0.1) is 12.3 Å². The van der Waals surface area contributed by atoms with Crippen molar-refractivity contribution in [3.05, 3.63) is 42.2 Å². The number of rotatable bonds is 5. The molecule has 0 bridgehead atoms. The van der Waals surface area contributed by atoms with E-state index in [4.69, 9.17) is 5.11 Å². The molecule has 166 valence electrons. The van der Waals surface area contributed by atoms with Crippen LogP contribution in [0.5, 0.6) is 0 Å². The van der Waals surface area contributed by atoms with Gasteiger partial charge in [-0.3, -0.25) is 4.90 Å². The van der Waals surface area contributed by atoms with Crippen LogP contribution in [0.2, 0.25) is 0 Å². The van der Waals surface area contributed by atoms with Crippen molar-refractivity contribution in [1.29, 1.82) is 0 Å². The fourth-order valence-corrected chi connectivity index (χ4v) is 3.89. The Bertz CT molecular complexity index is 866.